The van der Waals surface area contributed by atoms with Gasteiger partial charge >= 0.3 is 0 Å². The molecular formula is C17H27NO2S. The minimum atomic E-state index is -3.44. The quantitative estimate of drug-likeness (QED) is 0.923. The van der Waals surface area contributed by atoms with Crippen LogP contribution in [0.2, 0.25) is 0 Å². The van der Waals surface area contributed by atoms with E-state index in [2.05, 4.69) is 11.6 Å². The molecule has 1 aliphatic carbocycles. The zero-order valence-electron chi connectivity index (χ0n) is 13.8. The topological polar surface area (TPSA) is 46.2 Å². The number of hydrogen-bond donors (Lipinski definition) is 1. The molecule has 2 atom stereocenters. The first-order chi connectivity index (χ1) is 9.74. The van der Waals surface area contributed by atoms with Crippen molar-refractivity contribution in [1.29, 1.82) is 0 Å². The smallest absolute Gasteiger partial charge is 0.208 e. The molecular weight excluding hydrogens is 282 g/mol. The number of aryl methyl sites for hydroxylation is 1. The second-order valence-electron chi connectivity index (χ2n) is 6.56. The molecule has 0 heterocycles. The molecule has 118 valence electrons. The first kappa shape index (κ1) is 16.5. The van der Waals surface area contributed by atoms with Gasteiger partial charge in [-0.05, 0) is 74.8 Å². The van der Waals surface area contributed by atoms with Crippen LogP contribution in [0.25, 0.3) is 0 Å². The molecule has 1 aromatic rings. The maximum Gasteiger partial charge on any atom is 0.241 e. The van der Waals surface area contributed by atoms with E-state index in [0.29, 0.717) is 10.8 Å². The van der Waals surface area contributed by atoms with Crippen molar-refractivity contribution in [1.82, 2.24) is 4.72 Å². The van der Waals surface area contributed by atoms with Crippen LogP contribution < -0.4 is 4.72 Å². The lowest BCUT2D eigenvalue weighted by Gasteiger charge is -2.29. The summed E-state index contributed by atoms with van der Waals surface area (Å²) in [4.78, 5) is 0.445. The SMILES string of the molecule is Cc1cc(S(=O)(=O)N[C@H]2CCCC[C@@H]2C)c(C)c(C)c1C. The number of nitrogens with one attached hydrogen (secondary N) is 1. The summed E-state index contributed by atoms with van der Waals surface area (Å²) in [6.07, 6.45) is 4.38. The van der Waals surface area contributed by atoms with Crippen molar-refractivity contribution in [3.63, 3.8) is 0 Å². The Morgan fingerprint density at radius 1 is 1.00 bits per heavy atom. The molecule has 0 aliphatic heterocycles. The van der Waals surface area contributed by atoms with E-state index >= 15 is 0 Å². The second-order valence-corrected chi connectivity index (χ2v) is 8.24. The van der Waals surface area contributed by atoms with Gasteiger partial charge < -0.3 is 0 Å². The molecule has 0 unspecified atom stereocenters. The van der Waals surface area contributed by atoms with Crippen LogP contribution in [-0.2, 0) is 10.0 Å². The van der Waals surface area contributed by atoms with E-state index < -0.39 is 10.0 Å². The van der Waals surface area contributed by atoms with E-state index in [9.17, 15) is 8.42 Å². The highest BCUT2D eigenvalue weighted by Gasteiger charge is 2.28. The van der Waals surface area contributed by atoms with Gasteiger partial charge in [0.15, 0.2) is 0 Å². The molecule has 3 nitrogen and oxygen atoms in total. The van der Waals surface area contributed by atoms with Gasteiger partial charge in [0.25, 0.3) is 0 Å². The fourth-order valence-corrected chi connectivity index (χ4v) is 4.97. The third-order valence-electron chi connectivity index (χ3n) is 5.14. The molecule has 2 rings (SSSR count). The van der Waals surface area contributed by atoms with Crippen molar-refractivity contribution in [2.45, 2.75) is 71.2 Å². The van der Waals surface area contributed by atoms with E-state index in [-0.39, 0.29) is 6.04 Å². The van der Waals surface area contributed by atoms with Gasteiger partial charge in [-0.3, -0.25) is 0 Å². The average molecular weight is 309 g/mol. The Kier molecular flexibility index (Phi) is 4.79. The molecule has 0 bridgehead atoms. The van der Waals surface area contributed by atoms with Crippen LogP contribution in [0, 0.1) is 33.6 Å². The van der Waals surface area contributed by atoms with E-state index in [4.69, 9.17) is 0 Å². The highest BCUT2D eigenvalue weighted by molar-refractivity contribution is 7.89. The van der Waals surface area contributed by atoms with Gasteiger partial charge in [0.2, 0.25) is 10.0 Å². The highest BCUT2D eigenvalue weighted by Crippen LogP contribution is 2.28. The first-order valence-corrected chi connectivity index (χ1v) is 9.32. The van der Waals surface area contributed by atoms with Gasteiger partial charge in [-0.15, -0.1) is 0 Å². The van der Waals surface area contributed by atoms with Crippen LogP contribution >= 0.6 is 0 Å². The van der Waals surface area contributed by atoms with Gasteiger partial charge in [0.1, 0.15) is 0 Å². The number of rotatable bonds is 3. The van der Waals surface area contributed by atoms with Crippen LogP contribution in [-0.4, -0.2) is 14.5 Å². The van der Waals surface area contributed by atoms with Crippen LogP contribution in [0.4, 0.5) is 0 Å². The molecule has 0 radical (unpaired) electrons. The number of benzene rings is 1. The Morgan fingerprint density at radius 2 is 1.62 bits per heavy atom. The minimum absolute atomic E-state index is 0.0741. The van der Waals surface area contributed by atoms with Crippen molar-refractivity contribution in [2.24, 2.45) is 5.92 Å². The molecule has 1 aromatic carbocycles. The summed E-state index contributed by atoms with van der Waals surface area (Å²) in [5.41, 5.74) is 4.16. The lowest BCUT2D eigenvalue weighted by Crippen LogP contribution is -2.41. The Bertz CT molecular complexity index is 635. The van der Waals surface area contributed by atoms with Crippen LogP contribution in [0.3, 0.4) is 0 Å². The lowest BCUT2D eigenvalue weighted by atomic mass is 9.87. The Morgan fingerprint density at radius 3 is 2.24 bits per heavy atom. The van der Waals surface area contributed by atoms with Gasteiger partial charge in [0.05, 0.1) is 4.90 Å². The van der Waals surface area contributed by atoms with Crippen molar-refractivity contribution >= 4 is 10.0 Å². The van der Waals surface area contributed by atoms with Crippen molar-refractivity contribution in [3.8, 4) is 0 Å². The van der Waals surface area contributed by atoms with Gasteiger partial charge in [-0.1, -0.05) is 19.8 Å². The second kappa shape index (κ2) is 6.09. The molecule has 1 saturated carbocycles. The number of hydrogen-bond acceptors (Lipinski definition) is 2. The number of sulfonamides is 1. The van der Waals surface area contributed by atoms with E-state index in [0.717, 1.165) is 36.0 Å². The highest BCUT2D eigenvalue weighted by atomic mass is 32.2. The fraction of sp³-hybridized carbons (Fsp3) is 0.647. The van der Waals surface area contributed by atoms with E-state index in [1.54, 1.807) is 0 Å². The van der Waals surface area contributed by atoms with Crippen LogP contribution in [0.15, 0.2) is 11.0 Å². The molecule has 0 aromatic heterocycles. The first-order valence-electron chi connectivity index (χ1n) is 7.83. The summed E-state index contributed by atoms with van der Waals surface area (Å²) in [5.74, 6) is 0.418. The van der Waals surface area contributed by atoms with Crippen molar-refractivity contribution < 1.29 is 8.42 Å². The standard InChI is InChI=1S/C17H27NO2S/c1-11-8-6-7-9-16(11)18-21(19,20)17-10-12(2)13(3)14(4)15(17)5/h10-11,16,18H,6-9H2,1-5H3/t11-,16-/m0/s1. The van der Waals surface area contributed by atoms with Gasteiger partial charge in [-0.25, -0.2) is 13.1 Å². The molecule has 0 saturated heterocycles. The summed E-state index contributed by atoms with van der Waals surface area (Å²) in [6.45, 7) is 10.1. The molecule has 4 heteroatoms. The molecule has 0 spiro atoms. The van der Waals surface area contributed by atoms with E-state index in [1.165, 1.54) is 12.0 Å². The largest absolute Gasteiger partial charge is 0.241 e. The van der Waals surface area contributed by atoms with Gasteiger partial charge in [0, 0.05) is 6.04 Å². The maximum absolute atomic E-state index is 12.8. The monoisotopic (exact) mass is 309 g/mol. The summed E-state index contributed by atoms with van der Waals surface area (Å²) in [7, 11) is -3.44. The van der Waals surface area contributed by atoms with Crippen LogP contribution in [0.5, 0.6) is 0 Å². The normalized spacial score (nSPS) is 23.3. The zero-order valence-corrected chi connectivity index (χ0v) is 14.6. The summed E-state index contributed by atoms with van der Waals surface area (Å²) >= 11 is 0. The summed E-state index contributed by atoms with van der Waals surface area (Å²) in [6, 6.07) is 1.89. The summed E-state index contributed by atoms with van der Waals surface area (Å²) < 4.78 is 28.5. The third kappa shape index (κ3) is 3.32. The fourth-order valence-electron chi connectivity index (χ4n) is 3.21. The summed E-state index contributed by atoms with van der Waals surface area (Å²) in [5, 5.41) is 0. The van der Waals surface area contributed by atoms with Crippen LogP contribution in [0.1, 0.15) is 54.9 Å². The lowest BCUT2D eigenvalue weighted by molar-refractivity contribution is 0.310. The Hall–Kier alpha value is -0.870. The predicted molar refractivity (Wildman–Crippen MR) is 87.1 cm³/mol. The molecule has 0 amide bonds. The Balaban J connectivity index is 2.36. The molecule has 1 fully saturated rings. The molecule has 1 aliphatic rings. The maximum atomic E-state index is 12.8. The Labute approximate surface area is 129 Å². The van der Waals surface area contributed by atoms with Crippen molar-refractivity contribution in [2.75, 3.05) is 0 Å². The predicted octanol–water partition coefficient (Wildman–Crippen LogP) is 3.78. The average Bonchev–Trinajstić information content (AvgIpc) is 2.42. The molecule has 21 heavy (non-hydrogen) atoms. The molecule has 1 N–H and O–H groups in total. The van der Waals surface area contributed by atoms with Crippen molar-refractivity contribution in [3.05, 3.63) is 28.3 Å². The van der Waals surface area contributed by atoms with Gasteiger partial charge in [-0.2, -0.15) is 0 Å². The third-order valence-corrected chi connectivity index (χ3v) is 6.76. The zero-order chi connectivity index (χ0) is 15.8. The minimum Gasteiger partial charge on any atom is -0.208 e. The van der Waals surface area contributed by atoms with E-state index in [1.807, 2.05) is 33.8 Å².